The molecule has 96 valence electrons. The predicted molar refractivity (Wildman–Crippen MR) is 60.2 cm³/mol. The van der Waals surface area contributed by atoms with Crippen LogP contribution < -0.4 is 5.32 Å². The number of amides is 1. The van der Waals surface area contributed by atoms with Gasteiger partial charge in [0.25, 0.3) is 0 Å². The van der Waals surface area contributed by atoms with Crippen LogP contribution >= 0.6 is 0 Å². The molecule has 0 aromatic rings. The second-order valence-corrected chi connectivity index (χ2v) is 4.30. The van der Waals surface area contributed by atoms with E-state index in [-0.39, 0.29) is 13.0 Å². The summed E-state index contributed by atoms with van der Waals surface area (Å²) in [5.74, 6) is -2.18. The molecule has 0 heterocycles. The SMILES string of the molecule is CC(C)(C)OC(=O)CCNC(=O)/C=C/C(=O)O. The molecule has 0 aliphatic rings. The Morgan fingerprint density at radius 2 is 1.82 bits per heavy atom. The van der Waals surface area contributed by atoms with E-state index in [4.69, 9.17) is 9.84 Å². The highest BCUT2D eigenvalue weighted by Gasteiger charge is 2.15. The summed E-state index contributed by atoms with van der Waals surface area (Å²) in [6, 6.07) is 0. The van der Waals surface area contributed by atoms with E-state index in [1.54, 1.807) is 20.8 Å². The fourth-order valence-electron chi connectivity index (χ4n) is 0.886. The van der Waals surface area contributed by atoms with Crippen LogP contribution in [0.15, 0.2) is 12.2 Å². The van der Waals surface area contributed by atoms with Crippen LogP contribution in [-0.4, -0.2) is 35.1 Å². The number of carbonyl (C=O) groups is 3. The topological polar surface area (TPSA) is 92.7 Å². The molecule has 17 heavy (non-hydrogen) atoms. The van der Waals surface area contributed by atoms with Gasteiger partial charge in [0, 0.05) is 18.7 Å². The van der Waals surface area contributed by atoms with Crippen molar-refractivity contribution in [1.82, 2.24) is 5.32 Å². The van der Waals surface area contributed by atoms with Crippen molar-refractivity contribution in [1.29, 1.82) is 0 Å². The van der Waals surface area contributed by atoms with Gasteiger partial charge in [-0.05, 0) is 20.8 Å². The van der Waals surface area contributed by atoms with Crippen molar-refractivity contribution in [2.45, 2.75) is 32.8 Å². The van der Waals surface area contributed by atoms with E-state index >= 15 is 0 Å². The van der Waals surface area contributed by atoms with Gasteiger partial charge in [0.2, 0.25) is 5.91 Å². The molecule has 0 aliphatic carbocycles. The average Bonchev–Trinajstić information content (AvgIpc) is 2.11. The number of aliphatic carboxylic acids is 1. The molecule has 0 radical (unpaired) electrons. The van der Waals surface area contributed by atoms with Gasteiger partial charge in [-0.2, -0.15) is 0 Å². The molecule has 6 heteroatoms. The van der Waals surface area contributed by atoms with Crippen molar-refractivity contribution in [3.05, 3.63) is 12.2 Å². The molecule has 0 spiro atoms. The van der Waals surface area contributed by atoms with Gasteiger partial charge in [-0.25, -0.2) is 4.79 Å². The highest BCUT2D eigenvalue weighted by atomic mass is 16.6. The molecular formula is C11H17NO5. The minimum atomic E-state index is -1.20. The molecule has 0 saturated heterocycles. The number of ether oxygens (including phenoxy) is 1. The monoisotopic (exact) mass is 243 g/mol. The molecule has 0 fully saturated rings. The summed E-state index contributed by atoms with van der Waals surface area (Å²) in [6.07, 6.45) is 1.66. The van der Waals surface area contributed by atoms with Crippen LogP contribution in [0.3, 0.4) is 0 Å². The second-order valence-electron chi connectivity index (χ2n) is 4.30. The highest BCUT2D eigenvalue weighted by molar-refractivity contribution is 5.93. The lowest BCUT2D eigenvalue weighted by Gasteiger charge is -2.19. The van der Waals surface area contributed by atoms with Gasteiger partial charge in [-0.15, -0.1) is 0 Å². The first-order valence-corrected chi connectivity index (χ1v) is 5.11. The molecule has 0 aromatic carbocycles. The molecule has 1 amide bonds. The van der Waals surface area contributed by atoms with Crippen molar-refractivity contribution < 1.29 is 24.2 Å². The number of hydrogen-bond donors (Lipinski definition) is 2. The molecule has 0 atom stereocenters. The first kappa shape index (κ1) is 15.2. The standard InChI is InChI=1S/C11H17NO5/c1-11(2,3)17-10(16)6-7-12-8(13)4-5-9(14)15/h4-5H,6-7H2,1-3H3,(H,12,13)(H,14,15)/b5-4+. The third-order valence-corrected chi connectivity index (χ3v) is 1.43. The molecule has 0 bridgehead atoms. The third-order valence-electron chi connectivity index (χ3n) is 1.43. The van der Waals surface area contributed by atoms with Gasteiger partial charge < -0.3 is 15.2 Å². The summed E-state index contributed by atoms with van der Waals surface area (Å²) in [6.45, 7) is 5.36. The van der Waals surface area contributed by atoms with Crippen molar-refractivity contribution in [2.75, 3.05) is 6.54 Å². The number of carbonyl (C=O) groups excluding carboxylic acids is 2. The fourth-order valence-corrected chi connectivity index (χ4v) is 0.886. The molecular weight excluding hydrogens is 226 g/mol. The van der Waals surface area contributed by atoms with Gasteiger partial charge in [0.15, 0.2) is 0 Å². The lowest BCUT2D eigenvalue weighted by atomic mass is 10.2. The van der Waals surface area contributed by atoms with Gasteiger partial charge in [0.05, 0.1) is 6.42 Å². The van der Waals surface area contributed by atoms with Crippen LogP contribution in [0.5, 0.6) is 0 Å². The quantitative estimate of drug-likeness (QED) is 0.541. The van der Waals surface area contributed by atoms with E-state index < -0.39 is 23.4 Å². The maximum absolute atomic E-state index is 11.2. The maximum Gasteiger partial charge on any atom is 0.328 e. The second kappa shape index (κ2) is 6.67. The van der Waals surface area contributed by atoms with Gasteiger partial charge in [-0.3, -0.25) is 9.59 Å². The molecule has 0 aromatic heterocycles. The summed E-state index contributed by atoms with van der Waals surface area (Å²) in [5, 5.41) is 10.6. The lowest BCUT2D eigenvalue weighted by molar-refractivity contribution is -0.154. The summed E-state index contributed by atoms with van der Waals surface area (Å²) in [4.78, 5) is 32.3. The van der Waals surface area contributed by atoms with Crippen molar-refractivity contribution in [3.63, 3.8) is 0 Å². The number of hydrogen-bond acceptors (Lipinski definition) is 4. The van der Waals surface area contributed by atoms with E-state index in [9.17, 15) is 14.4 Å². The van der Waals surface area contributed by atoms with Crippen LogP contribution in [0.25, 0.3) is 0 Å². The molecule has 0 unspecified atom stereocenters. The Balaban J connectivity index is 3.81. The average molecular weight is 243 g/mol. The van der Waals surface area contributed by atoms with Crippen molar-refractivity contribution >= 4 is 17.8 Å². The van der Waals surface area contributed by atoms with Crippen LogP contribution in [0, 0.1) is 0 Å². The smallest absolute Gasteiger partial charge is 0.328 e. The molecule has 0 saturated carbocycles. The van der Waals surface area contributed by atoms with Gasteiger partial charge in [0.1, 0.15) is 5.60 Å². The lowest BCUT2D eigenvalue weighted by Crippen LogP contribution is -2.28. The van der Waals surface area contributed by atoms with E-state index in [1.165, 1.54) is 0 Å². The first-order chi connectivity index (χ1) is 7.70. The minimum Gasteiger partial charge on any atom is -0.478 e. The van der Waals surface area contributed by atoms with Crippen LogP contribution in [0.4, 0.5) is 0 Å². The third kappa shape index (κ3) is 10.4. The van der Waals surface area contributed by atoms with Gasteiger partial charge in [-0.1, -0.05) is 0 Å². The molecule has 0 aliphatic heterocycles. The maximum atomic E-state index is 11.2. The zero-order chi connectivity index (χ0) is 13.5. The van der Waals surface area contributed by atoms with Crippen molar-refractivity contribution in [2.24, 2.45) is 0 Å². The minimum absolute atomic E-state index is 0.0456. The highest BCUT2D eigenvalue weighted by Crippen LogP contribution is 2.07. The van der Waals surface area contributed by atoms with E-state index in [2.05, 4.69) is 5.32 Å². The summed E-state index contributed by atoms with van der Waals surface area (Å²) in [7, 11) is 0. The Kier molecular flexibility index (Phi) is 5.95. The van der Waals surface area contributed by atoms with Crippen LogP contribution in [0.1, 0.15) is 27.2 Å². The Labute approximate surface area is 99.6 Å². The van der Waals surface area contributed by atoms with Crippen molar-refractivity contribution in [3.8, 4) is 0 Å². The molecule has 0 rings (SSSR count). The Hall–Kier alpha value is -1.85. The number of carboxylic acid groups (broad SMARTS) is 1. The number of rotatable bonds is 5. The summed E-state index contributed by atoms with van der Waals surface area (Å²) < 4.78 is 5.02. The zero-order valence-corrected chi connectivity index (χ0v) is 10.1. The predicted octanol–water partition coefficient (Wildman–Crippen LogP) is 0.475. The Bertz CT molecular complexity index is 327. The molecule has 2 N–H and O–H groups in total. The summed E-state index contributed by atoms with van der Waals surface area (Å²) in [5.41, 5.74) is -0.551. The van der Waals surface area contributed by atoms with E-state index in [0.717, 1.165) is 12.2 Å². The van der Waals surface area contributed by atoms with Gasteiger partial charge >= 0.3 is 11.9 Å². The fraction of sp³-hybridized carbons (Fsp3) is 0.545. The van der Waals surface area contributed by atoms with E-state index in [0.29, 0.717) is 0 Å². The summed E-state index contributed by atoms with van der Waals surface area (Å²) >= 11 is 0. The normalized spacial score (nSPS) is 11.2. The Morgan fingerprint density at radius 1 is 1.24 bits per heavy atom. The number of esters is 1. The largest absolute Gasteiger partial charge is 0.478 e. The van der Waals surface area contributed by atoms with Crippen LogP contribution in [-0.2, 0) is 19.1 Å². The zero-order valence-electron chi connectivity index (χ0n) is 10.1. The van der Waals surface area contributed by atoms with Crippen LogP contribution in [0.2, 0.25) is 0 Å². The number of carboxylic acids is 1. The Morgan fingerprint density at radius 3 is 2.29 bits per heavy atom. The first-order valence-electron chi connectivity index (χ1n) is 5.11. The molecule has 6 nitrogen and oxygen atoms in total. The van der Waals surface area contributed by atoms with E-state index in [1.807, 2.05) is 0 Å². The number of nitrogens with one attached hydrogen (secondary N) is 1.